The highest BCUT2D eigenvalue weighted by atomic mass is 35.5. The van der Waals surface area contributed by atoms with E-state index in [1.54, 1.807) is 36.4 Å². The standard InChI is InChI=1S/C17H9Cl4NO2/c18-10-5-6-11(13(20)7-10)14-15(21)17(24)22(16(14)23)8-9-3-1-2-4-12(9)19/h1-7H,8H2. The Bertz CT molecular complexity index is 892. The van der Waals surface area contributed by atoms with E-state index in [1.165, 1.54) is 6.07 Å². The maximum Gasteiger partial charge on any atom is 0.273 e. The molecule has 3 rings (SSSR count). The molecule has 0 radical (unpaired) electrons. The number of hydrogen-bond donors (Lipinski definition) is 0. The highest BCUT2D eigenvalue weighted by Crippen LogP contribution is 2.37. The fourth-order valence-electron chi connectivity index (χ4n) is 2.41. The molecule has 1 aliphatic heterocycles. The molecule has 0 atom stereocenters. The first-order valence-corrected chi connectivity index (χ1v) is 8.36. The van der Waals surface area contributed by atoms with Crippen molar-refractivity contribution in [2.75, 3.05) is 0 Å². The van der Waals surface area contributed by atoms with Gasteiger partial charge in [-0.25, -0.2) is 0 Å². The molecule has 0 aromatic heterocycles. The van der Waals surface area contributed by atoms with E-state index in [0.717, 1.165) is 4.90 Å². The summed E-state index contributed by atoms with van der Waals surface area (Å²) in [6, 6.07) is 11.6. The van der Waals surface area contributed by atoms with Crippen molar-refractivity contribution < 1.29 is 9.59 Å². The zero-order valence-electron chi connectivity index (χ0n) is 12.0. The molecule has 0 saturated heterocycles. The molecule has 0 aliphatic carbocycles. The lowest BCUT2D eigenvalue weighted by Gasteiger charge is -2.16. The Kier molecular flexibility index (Phi) is 4.88. The van der Waals surface area contributed by atoms with Gasteiger partial charge in [0.2, 0.25) is 0 Å². The van der Waals surface area contributed by atoms with Crippen LogP contribution in [0.1, 0.15) is 11.1 Å². The molecule has 0 spiro atoms. The van der Waals surface area contributed by atoms with E-state index in [9.17, 15) is 9.59 Å². The van der Waals surface area contributed by atoms with E-state index in [0.29, 0.717) is 21.2 Å². The summed E-state index contributed by atoms with van der Waals surface area (Å²) >= 11 is 24.2. The average molecular weight is 401 g/mol. The van der Waals surface area contributed by atoms with Gasteiger partial charge in [-0.2, -0.15) is 0 Å². The average Bonchev–Trinajstić information content (AvgIpc) is 2.74. The number of halogens is 4. The number of amides is 2. The molecule has 0 fully saturated rings. The van der Waals surface area contributed by atoms with Crippen LogP contribution in [0.5, 0.6) is 0 Å². The van der Waals surface area contributed by atoms with Crippen molar-refractivity contribution in [3.8, 4) is 0 Å². The molecule has 24 heavy (non-hydrogen) atoms. The summed E-state index contributed by atoms with van der Waals surface area (Å²) < 4.78 is 0. The fourth-order valence-corrected chi connectivity index (χ4v) is 3.40. The highest BCUT2D eigenvalue weighted by Gasteiger charge is 2.39. The minimum absolute atomic E-state index is 0.0300. The van der Waals surface area contributed by atoms with E-state index in [-0.39, 0.29) is 22.2 Å². The van der Waals surface area contributed by atoms with Crippen molar-refractivity contribution in [2.24, 2.45) is 0 Å². The summed E-state index contributed by atoms with van der Waals surface area (Å²) in [6.07, 6.45) is 0. The predicted octanol–water partition coefficient (Wildman–Crippen LogP) is 5.17. The Labute approximate surface area is 158 Å². The Balaban J connectivity index is 1.97. The summed E-state index contributed by atoms with van der Waals surface area (Å²) in [4.78, 5) is 26.1. The van der Waals surface area contributed by atoms with Gasteiger partial charge in [0.25, 0.3) is 11.8 Å². The van der Waals surface area contributed by atoms with Crippen LogP contribution >= 0.6 is 46.4 Å². The summed E-state index contributed by atoms with van der Waals surface area (Å²) in [7, 11) is 0. The number of benzene rings is 2. The zero-order chi connectivity index (χ0) is 17.4. The van der Waals surface area contributed by atoms with Crippen molar-refractivity contribution in [3.63, 3.8) is 0 Å². The molecule has 0 unspecified atom stereocenters. The smallest absolute Gasteiger partial charge is 0.269 e. The fraction of sp³-hybridized carbons (Fsp3) is 0.0588. The quantitative estimate of drug-likeness (QED) is 0.666. The topological polar surface area (TPSA) is 37.4 Å². The largest absolute Gasteiger partial charge is 0.273 e. The van der Waals surface area contributed by atoms with E-state index >= 15 is 0 Å². The molecule has 122 valence electrons. The van der Waals surface area contributed by atoms with Gasteiger partial charge in [0.15, 0.2) is 0 Å². The van der Waals surface area contributed by atoms with Crippen LogP contribution in [0.25, 0.3) is 5.57 Å². The van der Waals surface area contributed by atoms with Crippen molar-refractivity contribution in [2.45, 2.75) is 6.54 Å². The normalized spacial score (nSPS) is 14.8. The maximum absolute atomic E-state index is 12.7. The summed E-state index contributed by atoms with van der Waals surface area (Å²) in [6.45, 7) is 0.0300. The molecule has 0 bridgehead atoms. The van der Waals surface area contributed by atoms with Crippen LogP contribution in [0.15, 0.2) is 47.5 Å². The Morgan fingerprint density at radius 1 is 0.833 bits per heavy atom. The van der Waals surface area contributed by atoms with Crippen molar-refractivity contribution >= 4 is 63.8 Å². The van der Waals surface area contributed by atoms with E-state index in [4.69, 9.17) is 46.4 Å². The zero-order valence-corrected chi connectivity index (χ0v) is 15.0. The lowest BCUT2D eigenvalue weighted by atomic mass is 10.1. The Morgan fingerprint density at radius 2 is 1.54 bits per heavy atom. The first-order valence-electron chi connectivity index (χ1n) is 6.85. The van der Waals surface area contributed by atoms with Gasteiger partial charge in [-0.1, -0.05) is 70.7 Å². The van der Waals surface area contributed by atoms with Crippen LogP contribution in [0, 0.1) is 0 Å². The third-order valence-corrected chi connectivity index (χ3v) is 4.87. The van der Waals surface area contributed by atoms with Crippen LogP contribution in [-0.4, -0.2) is 16.7 Å². The van der Waals surface area contributed by atoms with Crippen molar-refractivity contribution in [1.82, 2.24) is 4.90 Å². The second kappa shape index (κ2) is 6.77. The second-order valence-electron chi connectivity index (χ2n) is 5.10. The van der Waals surface area contributed by atoms with Gasteiger partial charge in [0, 0.05) is 15.6 Å². The third kappa shape index (κ3) is 3.05. The number of nitrogens with zero attached hydrogens (tertiary/aromatic N) is 1. The minimum atomic E-state index is -0.581. The molecule has 0 N–H and O–H groups in total. The SMILES string of the molecule is O=C1C(Cl)=C(c2ccc(Cl)cc2Cl)C(=O)N1Cc1ccccc1Cl. The molecule has 2 aromatic rings. The van der Waals surface area contributed by atoms with Crippen LogP contribution in [0.2, 0.25) is 15.1 Å². The molecule has 3 nitrogen and oxygen atoms in total. The monoisotopic (exact) mass is 399 g/mol. The molecule has 0 saturated carbocycles. The van der Waals surface area contributed by atoms with Crippen LogP contribution < -0.4 is 0 Å². The molecule has 2 aromatic carbocycles. The number of imide groups is 1. The van der Waals surface area contributed by atoms with Gasteiger partial charge in [-0.15, -0.1) is 0 Å². The van der Waals surface area contributed by atoms with E-state index in [2.05, 4.69) is 0 Å². The Morgan fingerprint density at radius 3 is 2.21 bits per heavy atom. The first-order chi connectivity index (χ1) is 11.4. The summed E-state index contributed by atoms with van der Waals surface area (Å²) in [5.74, 6) is -1.10. The number of carbonyl (C=O) groups excluding carboxylic acids is 2. The number of carbonyl (C=O) groups is 2. The lowest BCUT2D eigenvalue weighted by molar-refractivity contribution is -0.137. The number of hydrogen-bond acceptors (Lipinski definition) is 2. The van der Waals surface area contributed by atoms with Gasteiger partial charge in [-0.3, -0.25) is 14.5 Å². The Hall–Kier alpha value is -1.52. The highest BCUT2D eigenvalue weighted by molar-refractivity contribution is 6.55. The predicted molar refractivity (Wildman–Crippen MR) is 96.2 cm³/mol. The van der Waals surface area contributed by atoms with Gasteiger partial charge < -0.3 is 0 Å². The van der Waals surface area contributed by atoms with E-state index < -0.39 is 11.8 Å². The number of rotatable bonds is 3. The molecule has 7 heteroatoms. The van der Waals surface area contributed by atoms with Gasteiger partial charge >= 0.3 is 0 Å². The molecule has 1 aliphatic rings. The van der Waals surface area contributed by atoms with Crippen LogP contribution in [0.3, 0.4) is 0 Å². The minimum Gasteiger partial charge on any atom is -0.269 e. The molecular weight excluding hydrogens is 392 g/mol. The van der Waals surface area contributed by atoms with Crippen LogP contribution in [0.4, 0.5) is 0 Å². The summed E-state index contributed by atoms with van der Waals surface area (Å²) in [5, 5.41) is 0.963. The second-order valence-corrected chi connectivity index (χ2v) is 6.73. The van der Waals surface area contributed by atoms with Gasteiger partial charge in [-0.05, 0) is 23.8 Å². The molecule has 1 heterocycles. The van der Waals surface area contributed by atoms with E-state index in [1.807, 2.05) is 0 Å². The van der Waals surface area contributed by atoms with Gasteiger partial charge in [0.05, 0.1) is 17.1 Å². The first kappa shape index (κ1) is 17.3. The maximum atomic E-state index is 12.7. The summed E-state index contributed by atoms with van der Waals surface area (Å²) in [5.41, 5.74) is 1.08. The van der Waals surface area contributed by atoms with Crippen molar-refractivity contribution in [1.29, 1.82) is 0 Å². The third-order valence-electron chi connectivity index (χ3n) is 3.60. The van der Waals surface area contributed by atoms with Crippen LogP contribution in [-0.2, 0) is 16.1 Å². The van der Waals surface area contributed by atoms with Gasteiger partial charge in [0.1, 0.15) is 5.03 Å². The van der Waals surface area contributed by atoms with Crippen molar-refractivity contribution in [3.05, 3.63) is 73.7 Å². The lowest BCUT2D eigenvalue weighted by Crippen LogP contribution is -2.30. The molecular formula is C17H9Cl4NO2. The molecule has 2 amide bonds.